The Morgan fingerprint density at radius 1 is 1.56 bits per heavy atom. The van der Waals surface area contributed by atoms with Crippen LogP contribution in [0.3, 0.4) is 0 Å². The number of hydrogen-bond acceptors (Lipinski definition) is 3. The zero-order valence-corrected chi connectivity index (χ0v) is 12.5. The van der Waals surface area contributed by atoms with Gasteiger partial charge in [-0.2, -0.15) is 0 Å². The molecule has 0 bridgehead atoms. The van der Waals surface area contributed by atoms with E-state index >= 15 is 0 Å². The van der Waals surface area contributed by atoms with Crippen molar-refractivity contribution in [2.75, 3.05) is 6.61 Å². The number of thiocarbonyl (C=S) groups is 1. The predicted octanol–water partition coefficient (Wildman–Crippen LogP) is 1.76. The third-order valence-electron chi connectivity index (χ3n) is 4.40. The third kappa shape index (κ3) is 2.52. The molecular formula is C13H24N2O2S. The van der Waals surface area contributed by atoms with Crippen molar-refractivity contribution in [3.05, 3.63) is 0 Å². The summed E-state index contributed by atoms with van der Waals surface area (Å²) in [5, 5.41) is 3.10. The van der Waals surface area contributed by atoms with Gasteiger partial charge < -0.3 is 15.8 Å². The Balaban J connectivity index is 2.89. The van der Waals surface area contributed by atoms with Crippen molar-refractivity contribution in [2.45, 2.75) is 58.6 Å². The van der Waals surface area contributed by atoms with Gasteiger partial charge in [0.15, 0.2) is 0 Å². The quantitative estimate of drug-likeness (QED) is 0.749. The van der Waals surface area contributed by atoms with E-state index in [9.17, 15) is 4.79 Å². The highest BCUT2D eigenvalue weighted by Crippen LogP contribution is 2.31. The van der Waals surface area contributed by atoms with Gasteiger partial charge in [-0.05, 0) is 33.1 Å². The molecule has 2 unspecified atom stereocenters. The average Bonchev–Trinajstić information content (AvgIpc) is 2.61. The van der Waals surface area contributed by atoms with E-state index < -0.39 is 5.41 Å². The average molecular weight is 272 g/mol. The second-order valence-electron chi connectivity index (χ2n) is 5.29. The van der Waals surface area contributed by atoms with E-state index in [4.69, 9.17) is 22.7 Å². The normalized spacial score (nSPS) is 28.1. The molecule has 18 heavy (non-hydrogen) atoms. The molecule has 1 rings (SSSR count). The van der Waals surface area contributed by atoms with Crippen LogP contribution in [-0.4, -0.2) is 29.1 Å². The Morgan fingerprint density at radius 2 is 2.11 bits per heavy atom. The second kappa shape index (κ2) is 5.53. The molecule has 1 aliphatic rings. The molecule has 0 radical (unpaired) electrons. The van der Waals surface area contributed by atoms with Gasteiger partial charge in [0.25, 0.3) is 0 Å². The molecule has 0 saturated carbocycles. The van der Waals surface area contributed by atoms with Crippen molar-refractivity contribution in [3.8, 4) is 0 Å². The maximum absolute atomic E-state index is 12.5. The molecule has 1 fully saturated rings. The predicted molar refractivity (Wildman–Crippen MR) is 76.4 cm³/mol. The van der Waals surface area contributed by atoms with Gasteiger partial charge in [-0.3, -0.25) is 4.79 Å². The monoisotopic (exact) mass is 272 g/mol. The molecule has 0 aromatic rings. The first kappa shape index (κ1) is 15.4. The van der Waals surface area contributed by atoms with Crippen LogP contribution in [0, 0.1) is 5.41 Å². The van der Waals surface area contributed by atoms with E-state index in [-0.39, 0.29) is 22.5 Å². The maximum atomic E-state index is 12.5. The summed E-state index contributed by atoms with van der Waals surface area (Å²) in [6, 6.07) is 0. The Bertz CT molecular complexity index is 342. The molecule has 0 aliphatic carbocycles. The Labute approximate surface area is 115 Å². The van der Waals surface area contributed by atoms with Crippen LogP contribution >= 0.6 is 12.2 Å². The summed E-state index contributed by atoms with van der Waals surface area (Å²) < 4.78 is 5.53. The van der Waals surface area contributed by atoms with Gasteiger partial charge in [-0.25, -0.2) is 0 Å². The molecule has 3 N–H and O–H groups in total. The van der Waals surface area contributed by atoms with Gasteiger partial charge in [0.05, 0.1) is 22.0 Å². The van der Waals surface area contributed by atoms with Crippen LogP contribution in [0.5, 0.6) is 0 Å². The van der Waals surface area contributed by atoms with Crippen LogP contribution in [-0.2, 0) is 9.53 Å². The van der Waals surface area contributed by atoms with Gasteiger partial charge >= 0.3 is 0 Å². The molecule has 104 valence electrons. The van der Waals surface area contributed by atoms with Crippen molar-refractivity contribution in [3.63, 3.8) is 0 Å². The lowest BCUT2D eigenvalue weighted by molar-refractivity contribution is -0.130. The second-order valence-corrected chi connectivity index (χ2v) is 5.73. The summed E-state index contributed by atoms with van der Waals surface area (Å²) in [6.07, 6.45) is 2.08. The van der Waals surface area contributed by atoms with Crippen molar-refractivity contribution >= 4 is 23.1 Å². The number of amides is 1. The summed E-state index contributed by atoms with van der Waals surface area (Å²) in [7, 11) is 0. The van der Waals surface area contributed by atoms with Crippen LogP contribution in [0.4, 0.5) is 0 Å². The molecule has 0 aromatic carbocycles. The van der Waals surface area contributed by atoms with Crippen molar-refractivity contribution in [2.24, 2.45) is 11.1 Å². The highest BCUT2D eigenvalue weighted by molar-refractivity contribution is 7.80. The number of nitrogens with one attached hydrogen (secondary N) is 1. The van der Waals surface area contributed by atoms with Gasteiger partial charge in [0.1, 0.15) is 0 Å². The number of nitrogens with two attached hydrogens (primary N) is 1. The lowest BCUT2D eigenvalue weighted by Crippen LogP contribution is -2.58. The molecule has 5 heteroatoms. The Hall–Kier alpha value is -0.680. The first-order chi connectivity index (χ1) is 8.32. The van der Waals surface area contributed by atoms with Crippen molar-refractivity contribution in [1.82, 2.24) is 5.32 Å². The van der Waals surface area contributed by atoms with Gasteiger partial charge in [-0.15, -0.1) is 0 Å². The molecule has 1 saturated heterocycles. The zero-order chi connectivity index (χ0) is 14.0. The molecule has 1 amide bonds. The number of ether oxygens (including phenoxy) is 1. The van der Waals surface area contributed by atoms with Crippen LogP contribution in [0.2, 0.25) is 0 Å². The van der Waals surface area contributed by atoms with Crippen LogP contribution in [0.25, 0.3) is 0 Å². The van der Waals surface area contributed by atoms with Crippen molar-refractivity contribution < 1.29 is 9.53 Å². The van der Waals surface area contributed by atoms with Crippen LogP contribution in [0.1, 0.15) is 47.0 Å². The maximum Gasteiger partial charge on any atom is 0.233 e. The lowest BCUT2D eigenvalue weighted by Gasteiger charge is -2.36. The third-order valence-corrected chi connectivity index (χ3v) is 4.79. The highest BCUT2D eigenvalue weighted by atomic mass is 32.1. The number of rotatable bonds is 5. The number of hydrogen-bond donors (Lipinski definition) is 2. The first-order valence-electron chi connectivity index (χ1n) is 6.56. The Kier molecular flexibility index (Phi) is 4.72. The minimum atomic E-state index is -0.735. The molecule has 0 aromatic heterocycles. The van der Waals surface area contributed by atoms with Gasteiger partial charge in [0, 0.05) is 6.61 Å². The number of carbonyl (C=O) groups is 1. The first-order valence-corrected chi connectivity index (χ1v) is 6.97. The van der Waals surface area contributed by atoms with Gasteiger partial charge in [-0.1, -0.05) is 26.1 Å². The van der Waals surface area contributed by atoms with Crippen LogP contribution < -0.4 is 11.1 Å². The molecule has 4 nitrogen and oxygen atoms in total. The largest absolute Gasteiger partial charge is 0.392 e. The molecular weight excluding hydrogens is 248 g/mol. The summed E-state index contributed by atoms with van der Waals surface area (Å²) in [6.45, 7) is 8.56. The summed E-state index contributed by atoms with van der Waals surface area (Å²) >= 11 is 5.10. The topological polar surface area (TPSA) is 64.3 Å². The summed E-state index contributed by atoms with van der Waals surface area (Å²) in [4.78, 5) is 12.8. The van der Waals surface area contributed by atoms with Crippen LogP contribution in [0.15, 0.2) is 0 Å². The van der Waals surface area contributed by atoms with E-state index in [2.05, 4.69) is 5.32 Å². The lowest BCUT2D eigenvalue weighted by atomic mass is 9.80. The Morgan fingerprint density at radius 3 is 2.44 bits per heavy atom. The highest BCUT2D eigenvalue weighted by Gasteiger charge is 2.44. The SMILES string of the molecule is CCC(CC)(C(=O)NC1(C)CCOC1C)C(N)=S. The van der Waals surface area contributed by atoms with E-state index in [0.29, 0.717) is 19.4 Å². The molecule has 2 atom stereocenters. The van der Waals surface area contributed by atoms with Crippen molar-refractivity contribution in [1.29, 1.82) is 0 Å². The fraction of sp³-hybridized carbons (Fsp3) is 0.846. The number of carbonyl (C=O) groups excluding carboxylic acids is 1. The summed E-state index contributed by atoms with van der Waals surface area (Å²) in [5.74, 6) is -0.0696. The summed E-state index contributed by atoms with van der Waals surface area (Å²) in [5.41, 5.74) is 4.73. The molecule has 1 heterocycles. The van der Waals surface area contributed by atoms with E-state index in [1.807, 2.05) is 27.7 Å². The van der Waals surface area contributed by atoms with E-state index in [1.165, 1.54) is 0 Å². The standard InChI is InChI=1S/C13H24N2O2S/c1-5-13(6-2,10(14)18)11(16)15-12(4)7-8-17-9(12)3/h9H,5-8H2,1-4H3,(H2,14,18)(H,15,16). The molecule has 1 aliphatic heterocycles. The van der Waals surface area contributed by atoms with E-state index in [1.54, 1.807) is 0 Å². The smallest absolute Gasteiger partial charge is 0.233 e. The molecule has 0 spiro atoms. The minimum Gasteiger partial charge on any atom is -0.392 e. The van der Waals surface area contributed by atoms with Gasteiger partial charge in [0.2, 0.25) is 5.91 Å². The fourth-order valence-electron chi connectivity index (χ4n) is 2.41. The fourth-order valence-corrected chi connectivity index (χ4v) is 2.79. The van der Waals surface area contributed by atoms with E-state index in [0.717, 1.165) is 6.42 Å². The minimum absolute atomic E-state index is 0.0132. The zero-order valence-electron chi connectivity index (χ0n) is 11.7.